The molecule has 38 heavy (non-hydrogen) atoms. The number of rotatable bonds is 1. The van der Waals surface area contributed by atoms with Crippen LogP contribution in [0.4, 0.5) is 17.1 Å². The molecule has 3 aromatic carbocycles. The minimum absolute atomic E-state index is 0.0556. The van der Waals surface area contributed by atoms with E-state index in [1.54, 1.807) is 7.11 Å². The second-order valence-electron chi connectivity index (χ2n) is 15.6. The third kappa shape index (κ3) is 3.01. The van der Waals surface area contributed by atoms with Gasteiger partial charge >= 0.3 is 0 Å². The van der Waals surface area contributed by atoms with Crippen LogP contribution in [0.1, 0.15) is 128 Å². The van der Waals surface area contributed by atoms with Crippen LogP contribution in [0.25, 0.3) is 0 Å². The highest BCUT2D eigenvalue weighted by molar-refractivity contribution is 5.98. The number of hydrogen-bond donors (Lipinski definition) is 0. The van der Waals surface area contributed by atoms with Crippen LogP contribution in [0.15, 0.2) is 36.4 Å². The van der Waals surface area contributed by atoms with Gasteiger partial charge < -0.3 is 9.64 Å². The van der Waals surface area contributed by atoms with Gasteiger partial charge in [-0.1, -0.05) is 107 Å². The molecule has 2 nitrogen and oxygen atoms in total. The second-order valence-corrected chi connectivity index (χ2v) is 15.6. The third-order valence-electron chi connectivity index (χ3n) is 9.98. The summed E-state index contributed by atoms with van der Waals surface area (Å²) < 4.78 is 5.95. The van der Waals surface area contributed by atoms with Crippen molar-refractivity contribution in [1.29, 1.82) is 0 Å². The number of methoxy groups -OCH3 is 1. The highest BCUT2D eigenvalue weighted by Gasteiger charge is 2.52. The predicted octanol–water partition coefficient (Wildman–Crippen LogP) is 9.68. The van der Waals surface area contributed by atoms with Crippen LogP contribution in [0.5, 0.6) is 5.75 Å². The van der Waals surface area contributed by atoms with Crippen molar-refractivity contribution in [2.24, 2.45) is 0 Å². The molecule has 0 amide bonds. The molecule has 0 N–H and O–H groups in total. The van der Waals surface area contributed by atoms with E-state index < -0.39 is 0 Å². The van der Waals surface area contributed by atoms with Gasteiger partial charge in [-0.25, -0.2) is 0 Å². The molecule has 0 spiro atoms. The van der Waals surface area contributed by atoms with E-state index in [9.17, 15) is 0 Å². The Morgan fingerprint density at radius 3 is 1.00 bits per heavy atom. The highest BCUT2D eigenvalue weighted by Crippen LogP contribution is 2.67. The monoisotopic (exact) mass is 507 g/mol. The van der Waals surface area contributed by atoms with E-state index in [0.29, 0.717) is 0 Å². The molecule has 3 heterocycles. The van der Waals surface area contributed by atoms with Crippen LogP contribution in [-0.4, -0.2) is 7.11 Å². The molecule has 0 saturated carbocycles. The fourth-order valence-corrected chi connectivity index (χ4v) is 7.21. The van der Waals surface area contributed by atoms with E-state index in [1.807, 2.05) is 0 Å². The van der Waals surface area contributed by atoms with E-state index in [2.05, 4.69) is 124 Å². The summed E-state index contributed by atoms with van der Waals surface area (Å²) in [6.45, 7) is 28.6. The number of anilines is 3. The summed E-state index contributed by atoms with van der Waals surface area (Å²) in [6, 6.07) is 14.7. The molecule has 0 radical (unpaired) electrons. The molecule has 3 aliphatic rings. The first-order chi connectivity index (χ1) is 17.3. The van der Waals surface area contributed by atoms with Gasteiger partial charge in [0.25, 0.3) is 0 Å². The maximum Gasteiger partial charge on any atom is 0.119 e. The van der Waals surface area contributed by atoms with Crippen molar-refractivity contribution >= 4 is 17.1 Å². The lowest BCUT2D eigenvalue weighted by molar-refractivity contribution is 0.410. The standard InChI is InChI=1S/C36H45NO/c1-32(2,3)20-14-23-29-25(16-20)35(9,10)27-18-22(38-13)19-28-31(27)37(29)30-24(34(23,7)8)15-21(33(4,5)6)17-26(30)36(28,11)12/h14-19H,1-13H3. The molecule has 3 aliphatic heterocycles. The van der Waals surface area contributed by atoms with Crippen LogP contribution < -0.4 is 9.64 Å². The maximum absolute atomic E-state index is 5.95. The molecule has 0 unspecified atom stereocenters. The van der Waals surface area contributed by atoms with Gasteiger partial charge in [0.15, 0.2) is 0 Å². The number of benzene rings is 3. The van der Waals surface area contributed by atoms with E-state index in [-0.39, 0.29) is 27.1 Å². The van der Waals surface area contributed by atoms with Crippen LogP contribution in [0.3, 0.4) is 0 Å². The first-order valence-electron chi connectivity index (χ1n) is 14.2. The largest absolute Gasteiger partial charge is 0.497 e. The van der Waals surface area contributed by atoms with Gasteiger partial charge in [0.2, 0.25) is 0 Å². The molecule has 2 heteroatoms. The zero-order valence-corrected chi connectivity index (χ0v) is 25.8. The Hall–Kier alpha value is -2.74. The fourth-order valence-electron chi connectivity index (χ4n) is 7.21. The average molecular weight is 508 g/mol. The van der Waals surface area contributed by atoms with Gasteiger partial charge in [0.1, 0.15) is 5.75 Å². The van der Waals surface area contributed by atoms with Crippen molar-refractivity contribution in [1.82, 2.24) is 0 Å². The Labute approximate surface area is 230 Å². The summed E-state index contributed by atoms with van der Waals surface area (Å²) >= 11 is 0. The fraction of sp³-hybridized carbons (Fsp3) is 0.500. The SMILES string of the molecule is COc1cc2c3c(c1)C(C)(C)c1cc(C(C)(C)C)cc4c1N3c1c(cc(C(C)(C)C)cc1C4(C)C)C2(C)C. The Morgan fingerprint density at radius 1 is 0.500 bits per heavy atom. The zero-order valence-electron chi connectivity index (χ0n) is 25.8. The minimum atomic E-state index is -0.160. The molecule has 0 saturated heterocycles. The summed E-state index contributed by atoms with van der Waals surface area (Å²) in [6.07, 6.45) is 0. The zero-order chi connectivity index (χ0) is 28.0. The van der Waals surface area contributed by atoms with Crippen molar-refractivity contribution < 1.29 is 4.74 Å². The molecule has 0 bridgehead atoms. The molecule has 0 fully saturated rings. The van der Waals surface area contributed by atoms with Crippen LogP contribution >= 0.6 is 0 Å². The Morgan fingerprint density at radius 2 is 0.763 bits per heavy atom. The maximum atomic E-state index is 5.95. The Balaban J connectivity index is 1.87. The average Bonchev–Trinajstić information content (AvgIpc) is 2.80. The Bertz CT molecular complexity index is 1430. The van der Waals surface area contributed by atoms with Crippen molar-refractivity contribution in [3.8, 4) is 5.75 Å². The van der Waals surface area contributed by atoms with Gasteiger partial charge in [0.05, 0.1) is 24.2 Å². The van der Waals surface area contributed by atoms with Crippen LogP contribution in [0, 0.1) is 0 Å². The van der Waals surface area contributed by atoms with Gasteiger partial charge in [-0.2, -0.15) is 0 Å². The topological polar surface area (TPSA) is 12.5 Å². The number of hydrogen-bond acceptors (Lipinski definition) is 2. The van der Waals surface area contributed by atoms with Gasteiger partial charge in [0, 0.05) is 16.2 Å². The van der Waals surface area contributed by atoms with Crippen molar-refractivity contribution in [3.05, 3.63) is 80.9 Å². The molecule has 0 aromatic heterocycles. The summed E-state index contributed by atoms with van der Waals surface area (Å²) in [5, 5.41) is 0. The lowest BCUT2D eigenvalue weighted by Crippen LogP contribution is -2.44. The van der Waals surface area contributed by atoms with E-state index >= 15 is 0 Å². The van der Waals surface area contributed by atoms with Crippen LogP contribution in [-0.2, 0) is 27.1 Å². The second kappa shape index (κ2) is 7.06. The van der Waals surface area contributed by atoms with Gasteiger partial charge in [-0.3, -0.25) is 0 Å². The first kappa shape index (κ1) is 25.5. The van der Waals surface area contributed by atoms with Crippen LogP contribution in [0.2, 0.25) is 0 Å². The normalized spacial score (nSPS) is 19.2. The summed E-state index contributed by atoms with van der Waals surface area (Å²) in [5.41, 5.74) is 15.1. The smallest absolute Gasteiger partial charge is 0.119 e. The minimum Gasteiger partial charge on any atom is -0.497 e. The van der Waals surface area contributed by atoms with E-state index in [1.165, 1.54) is 61.6 Å². The molecule has 6 rings (SSSR count). The molecule has 3 aromatic rings. The predicted molar refractivity (Wildman–Crippen MR) is 161 cm³/mol. The lowest BCUT2D eigenvalue weighted by atomic mass is 9.59. The summed E-state index contributed by atoms with van der Waals surface area (Å²) in [4.78, 5) is 2.65. The van der Waals surface area contributed by atoms with Crippen molar-refractivity contribution in [3.63, 3.8) is 0 Å². The molecular formula is C36H45NO. The molecule has 0 aliphatic carbocycles. The Kier molecular flexibility index (Phi) is 4.74. The molecule has 200 valence electrons. The summed E-state index contributed by atoms with van der Waals surface area (Å²) in [7, 11) is 1.80. The van der Waals surface area contributed by atoms with Gasteiger partial charge in [-0.15, -0.1) is 0 Å². The molecule has 0 atom stereocenters. The van der Waals surface area contributed by atoms with Gasteiger partial charge in [-0.05, 0) is 67.5 Å². The van der Waals surface area contributed by atoms with Crippen molar-refractivity contribution in [2.75, 3.05) is 12.0 Å². The third-order valence-corrected chi connectivity index (χ3v) is 9.98. The van der Waals surface area contributed by atoms with E-state index in [4.69, 9.17) is 4.74 Å². The number of ether oxygens (including phenoxy) is 1. The first-order valence-corrected chi connectivity index (χ1v) is 14.2. The highest BCUT2D eigenvalue weighted by atomic mass is 16.5. The molecular weight excluding hydrogens is 462 g/mol. The lowest BCUT2D eigenvalue weighted by Gasteiger charge is -2.55. The van der Waals surface area contributed by atoms with Crippen molar-refractivity contribution in [2.45, 2.75) is 110 Å². The summed E-state index contributed by atoms with van der Waals surface area (Å²) in [5.74, 6) is 0.948. The quantitative estimate of drug-likeness (QED) is 0.325. The number of nitrogens with zero attached hydrogens (tertiary/aromatic N) is 1. The van der Waals surface area contributed by atoms with E-state index in [0.717, 1.165) is 5.75 Å².